The molecule has 1 aromatic carbocycles. The molecule has 0 aliphatic carbocycles. The van der Waals surface area contributed by atoms with Gasteiger partial charge in [-0.1, -0.05) is 24.6 Å². The summed E-state index contributed by atoms with van der Waals surface area (Å²) in [5.41, 5.74) is 2.66. The number of piperazine rings is 1. The summed E-state index contributed by atoms with van der Waals surface area (Å²) in [5.74, 6) is 0.148. The third kappa shape index (κ3) is 4.26. The Labute approximate surface area is 169 Å². The van der Waals surface area contributed by atoms with E-state index in [-0.39, 0.29) is 11.8 Å². The highest BCUT2D eigenvalue weighted by Crippen LogP contribution is 2.29. The Balaban J connectivity index is 1.64. The molecule has 2 aliphatic heterocycles. The molecule has 2 heterocycles. The maximum Gasteiger partial charge on any atom is 0.243 e. The van der Waals surface area contributed by atoms with Gasteiger partial charge in [-0.15, -0.1) is 0 Å². The molecule has 156 valence electrons. The Morgan fingerprint density at radius 2 is 1.50 bits per heavy atom. The van der Waals surface area contributed by atoms with Crippen LogP contribution in [0.15, 0.2) is 17.0 Å². The standard InChI is InChI=1S/C21H33N3O3S/c1-5-22-10-12-23(13-11-22)21(25)19-6-8-24(9-7-19)28(26,27)20-17(3)14-16(2)15-18(20)4/h14-15,19H,5-13H2,1-4H3. The molecule has 0 bridgehead atoms. The molecular formula is C21H33N3O3S. The van der Waals surface area contributed by atoms with Crippen molar-refractivity contribution in [2.75, 3.05) is 45.8 Å². The van der Waals surface area contributed by atoms with Crippen molar-refractivity contribution in [1.29, 1.82) is 0 Å². The van der Waals surface area contributed by atoms with Crippen LogP contribution in [-0.4, -0.2) is 74.2 Å². The number of aryl methyl sites for hydroxylation is 3. The van der Waals surface area contributed by atoms with Gasteiger partial charge < -0.3 is 9.80 Å². The predicted molar refractivity (Wildman–Crippen MR) is 111 cm³/mol. The lowest BCUT2D eigenvalue weighted by atomic mass is 9.96. The average molecular weight is 408 g/mol. The SMILES string of the molecule is CCN1CCN(C(=O)C2CCN(S(=O)(=O)c3c(C)cc(C)cc3C)CC2)CC1. The summed E-state index contributed by atoms with van der Waals surface area (Å²) in [4.78, 5) is 17.6. The molecule has 1 aromatic rings. The molecule has 2 fully saturated rings. The molecule has 0 unspecified atom stereocenters. The number of likely N-dealkylation sites (N-methyl/N-ethyl adjacent to an activating group) is 1. The van der Waals surface area contributed by atoms with E-state index >= 15 is 0 Å². The van der Waals surface area contributed by atoms with Gasteiger partial charge in [-0.25, -0.2) is 8.42 Å². The van der Waals surface area contributed by atoms with Crippen molar-refractivity contribution in [2.24, 2.45) is 5.92 Å². The molecule has 0 saturated carbocycles. The molecule has 3 rings (SSSR count). The molecule has 0 N–H and O–H groups in total. The minimum Gasteiger partial charge on any atom is -0.340 e. The van der Waals surface area contributed by atoms with E-state index in [1.807, 2.05) is 37.8 Å². The monoisotopic (exact) mass is 407 g/mol. The lowest BCUT2D eigenvalue weighted by Gasteiger charge is -2.38. The largest absolute Gasteiger partial charge is 0.340 e. The number of piperidine rings is 1. The Kier molecular flexibility index (Phi) is 6.47. The topological polar surface area (TPSA) is 60.9 Å². The van der Waals surface area contributed by atoms with Crippen LogP contribution in [0.2, 0.25) is 0 Å². The second kappa shape index (κ2) is 8.51. The Morgan fingerprint density at radius 1 is 0.964 bits per heavy atom. The molecule has 0 spiro atoms. The first-order valence-electron chi connectivity index (χ1n) is 10.3. The Morgan fingerprint density at radius 3 is 2.00 bits per heavy atom. The normalized spacial score (nSPS) is 20.5. The zero-order chi connectivity index (χ0) is 20.5. The summed E-state index contributed by atoms with van der Waals surface area (Å²) >= 11 is 0. The zero-order valence-corrected chi connectivity index (χ0v) is 18.4. The van der Waals surface area contributed by atoms with Crippen molar-refractivity contribution in [3.05, 3.63) is 28.8 Å². The van der Waals surface area contributed by atoms with Crippen molar-refractivity contribution >= 4 is 15.9 Å². The van der Waals surface area contributed by atoms with Crippen molar-refractivity contribution in [2.45, 2.75) is 45.4 Å². The number of carbonyl (C=O) groups is 1. The lowest BCUT2D eigenvalue weighted by molar-refractivity contribution is -0.138. The maximum atomic E-state index is 13.2. The lowest BCUT2D eigenvalue weighted by Crippen LogP contribution is -2.51. The van der Waals surface area contributed by atoms with E-state index in [0.717, 1.165) is 49.4 Å². The van der Waals surface area contributed by atoms with Gasteiger partial charge in [0.25, 0.3) is 0 Å². The molecule has 28 heavy (non-hydrogen) atoms. The molecule has 0 aromatic heterocycles. The smallest absolute Gasteiger partial charge is 0.243 e. The van der Waals surface area contributed by atoms with Gasteiger partial charge in [0.15, 0.2) is 0 Å². The van der Waals surface area contributed by atoms with Crippen LogP contribution in [0.5, 0.6) is 0 Å². The quantitative estimate of drug-likeness (QED) is 0.768. The number of rotatable bonds is 4. The zero-order valence-electron chi connectivity index (χ0n) is 17.6. The summed E-state index contributed by atoms with van der Waals surface area (Å²) in [6.07, 6.45) is 1.21. The van der Waals surface area contributed by atoms with Gasteiger partial charge in [0, 0.05) is 45.2 Å². The number of benzene rings is 1. The highest BCUT2D eigenvalue weighted by molar-refractivity contribution is 7.89. The van der Waals surface area contributed by atoms with E-state index < -0.39 is 10.0 Å². The number of hydrogen-bond donors (Lipinski definition) is 0. The minimum atomic E-state index is -3.52. The molecule has 1 amide bonds. The van der Waals surface area contributed by atoms with Gasteiger partial charge in [-0.3, -0.25) is 4.79 Å². The Bertz CT molecular complexity index is 798. The summed E-state index contributed by atoms with van der Waals surface area (Å²) in [7, 11) is -3.52. The first-order chi connectivity index (χ1) is 13.2. The molecule has 0 atom stereocenters. The highest BCUT2D eigenvalue weighted by Gasteiger charge is 2.35. The van der Waals surface area contributed by atoms with Crippen LogP contribution in [-0.2, 0) is 14.8 Å². The molecule has 0 radical (unpaired) electrons. The van der Waals surface area contributed by atoms with Crippen LogP contribution in [0.3, 0.4) is 0 Å². The number of amides is 1. The van der Waals surface area contributed by atoms with E-state index in [1.54, 1.807) is 4.31 Å². The summed E-state index contributed by atoms with van der Waals surface area (Å²) in [6, 6.07) is 3.85. The van der Waals surface area contributed by atoms with Crippen LogP contribution in [0.4, 0.5) is 0 Å². The second-order valence-corrected chi connectivity index (χ2v) is 10.0. The van der Waals surface area contributed by atoms with Crippen molar-refractivity contribution in [3.63, 3.8) is 0 Å². The molecule has 2 aliphatic rings. The summed E-state index contributed by atoms with van der Waals surface area (Å²) < 4.78 is 28.0. The fourth-order valence-electron chi connectivity index (χ4n) is 4.59. The first-order valence-corrected chi connectivity index (χ1v) is 11.8. The maximum absolute atomic E-state index is 13.2. The fraction of sp³-hybridized carbons (Fsp3) is 0.667. The molecule has 6 nitrogen and oxygen atoms in total. The second-order valence-electron chi connectivity index (χ2n) is 8.17. The number of nitrogens with zero attached hydrogens (tertiary/aromatic N) is 3. The third-order valence-corrected chi connectivity index (χ3v) is 8.34. The van der Waals surface area contributed by atoms with Crippen LogP contribution >= 0.6 is 0 Å². The van der Waals surface area contributed by atoms with Gasteiger partial charge >= 0.3 is 0 Å². The van der Waals surface area contributed by atoms with E-state index in [4.69, 9.17) is 0 Å². The van der Waals surface area contributed by atoms with Gasteiger partial charge in [0.05, 0.1) is 4.90 Å². The van der Waals surface area contributed by atoms with Gasteiger partial charge in [0.2, 0.25) is 15.9 Å². The molecule has 7 heteroatoms. The van der Waals surface area contributed by atoms with E-state index in [0.29, 0.717) is 30.8 Å². The van der Waals surface area contributed by atoms with Crippen LogP contribution in [0, 0.1) is 26.7 Å². The molecule has 2 saturated heterocycles. The van der Waals surface area contributed by atoms with Crippen LogP contribution in [0.1, 0.15) is 36.5 Å². The third-order valence-electron chi connectivity index (χ3n) is 6.14. The number of sulfonamides is 1. The van der Waals surface area contributed by atoms with Gasteiger partial charge in [0.1, 0.15) is 0 Å². The van der Waals surface area contributed by atoms with Crippen LogP contribution in [0.25, 0.3) is 0 Å². The van der Waals surface area contributed by atoms with E-state index in [1.165, 1.54) is 0 Å². The number of hydrogen-bond acceptors (Lipinski definition) is 4. The van der Waals surface area contributed by atoms with E-state index in [2.05, 4.69) is 11.8 Å². The fourth-order valence-corrected chi connectivity index (χ4v) is 6.47. The van der Waals surface area contributed by atoms with Crippen LogP contribution < -0.4 is 0 Å². The van der Waals surface area contributed by atoms with Gasteiger partial charge in [-0.2, -0.15) is 4.31 Å². The van der Waals surface area contributed by atoms with Crippen molar-refractivity contribution in [3.8, 4) is 0 Å². The summed E-state index contributed by atoms with van der Waals surface area (Å²) in [5, 5.41) is 0. The predicted octanol–water partition coefficient (Wildman–Crippen LogP) is 2.18. The molecular weight excluding hydrogens is 374 g/mol. The Hall–Kier alpha value is -1.44. The van der Waals surface area contributed by atoms with Crippen molar-refractivity contribution in [1.82, 2.24) is 14.1 Å². The minimum absolute atomic E-state index is 0.0557. The van der Waals surface area contributed by atoms with E-state index in [9.17, 15) is 13.2 Å². The number of carbonyl (C=O) groups excluding carboxylic acids is 1. The highest BCUT2D eigenvalue weighted by atomic mass is 32.2. The summed E-state index contributed by atoms with van der Waals surface area (Å²) in [6.45, 7) is 13.1. The average Bonchev–Trinajstić information content (AvgIpc) is 2.66. The first kappa shape index (κ1) is 21.3. The van der Waals surface area contributed by atoms with Gasteiger partial charge in [-0.05, 0) is 51.3 Å². The van der Waals surface area contributed by atoms with Crippen molar-refractivity contribution < 1.29 is 13.2 Å².